The Morgan fingerprint density at radius 3 is 2.04 bits per heavy atom. The van der Waals surface area contributed by atoms with E-state index in [-0.39, 0.29) is 5.91 Å². The highest BCUT2D eigenvalue weighted by Crippen LogP contribution is 2.43. The molecule has 1 N–H and O–H groups in total. The van der Waals surface area contributed by atoms with Gasteiger partial charge in [0.25, 0.3) is 8.32 Å². The summed E-state index contributed by atoms with van der Waals surface area (Å²) in [5.74, 6) is 0.855. The van der Waals surface area contributed by atoms with E-state index in [2.05, 4.69) is 65.1 Å². The molecular weight excluding hydrogens is 350 g/mol. The maximum atomic E-state index is 11.5. The van der Waals surface area contributed by atoms with Gasteiger partial charge < -0.3 is 9.74 Å². The van der Waals surface area contributed by atoms with Crippen LogP contribution in [-0.2, 0) is 4.79 Å². The third-order valence-corrected chi connectivity index (χ3v) is 11.4. The molecule has 0 aliphatic carbocycles. The van der Waals surface area contributed by atoms with Gasteiger partial charge in [-0.1, -0.05) is 71.9 Å². The molecule has 0 radical (unpaired) electrons. The number of para-hydroxylation sites is 1. The van der Waals surface area contributed by atoms with Crippen LogP contribution in [0.25, 0.3) is 11.1 Å². The molecule has 0 bridgehead atoms. The standard InChI is InChI=1S/C23H33NO2Si/c1-16(2)27(17(3)4,18(5)6)26-21-12-10-11-20(15-21)22-13-8-9-14-23(22)24-19(7)25/h8-18H,1-7H3,(H,24,25). The Kier molecular flexibility index (Phi) is 6.87. The Hall–Kier alpha value is -2.07. The summed E-state index contributed by atoms with van der Waals surface area (Å²) in [7, 11) is -2.00. The van der Waals surface area contributed by atoms with Gasteiger partial charge in [0, 0.05) is 18.2 Å². The summed E-state index contributed by atoms with van der Waals surface area (Å²) < 4.78 is 6.82. The van der Waals surface area contributed by atoms with Crippen LogP contribution >= 0.6 is 0 Å². The Labute approximate surface area is 165 Å². The first kappa shape index (κ1) is 21.2. The summed E-state index contributed by atoms with van der Waals surface area (Å²) in [6.45, 7) is 15.3. The maximum Gasteiger partial charge on any atom is 0.258 e. The number of hydrogen-bond acceptors (Lipinski definition) is 2. The summed E-state index contributed by atoms with van der Waals surface area (Å²) in [4.78, 5) is 11.5. The van der Waals surface area contributed by atoms with Crippen LogP contribution in [-0.4, -0.2) is 14.2 Å². The van der Waals surface area contributed by atoms with E-state index in [1.54, 1.807) is 0 Å². The quantitative estimate of drug-likeness (QED) is 0.530. The molecular formula is C23H33NO2Si. The molecule has 27 heavy (non-hydrogen) atoms. The van der Waals surface area contributed by atoms with Crippen LogP contribution in [0.15, 0.2) is 48.5 Å². The molecule has 2 aromatic carbocycles. The van der Waals surface area contributed by atoms with Crippen molar-refractivity contribution in [3.63, 3.8) is 0 Å². The molecule has 3 nitrogen and oxygen atoms in total. The molecule has 2 rings (SSSR count). The van der Waals surface area contributed by atoms with E-state index in [0.717, 1.165) is 22.6 Å². The second kappa shape index (κ2) is 8.74. The van der Waals surface area contributed by atoms with E-state index in [1.165, 1.54) is 6.92 Å². The van der Waals surface area contributed by atoms with Gasteiger partial charge in [0.1, 0.15) is 5.75 Å². The minimum atomic E-state index is -2.00. The molecule has 0 aliphatic heterocycles. The zero-order valence-electron chi connectivity index (χ0n) is 17.7. The van der Waals surface area contributed by atoms with Gasteiger partial charge in [-0.25, -0.2) is 0 Å². The van der Waals surface area contributed by atoms with Crippen LogP contribution in [0.3, 0.4) is 0 Å². The van der Waals surface area contributed by atoms with Gasteiger partial charge in [0.2, 0.25) is 5.91 Å². The second-order valence-electron chi connectivity index (χ2n) is 8.17. The lowest BCUT2D eigenvalue weighted by Crippen LogP contribution is -2.50. The van der Waals surface area contributed by atoms with Gasteiger partial charge >= 0.3 is 0 Å². The average Bonchev–Trinajstić information content (AvgIpc) is 2.59. The first-order valence-electron chi connectivity index (χ1n) is 9.84. The molecule has 0 aliphatic rings. The SMILES string of the molecule is CC(=O)Nc1ccccc1-c1cccc(O[Si](C(C)C)(C(C)C)C(C)C)c1. The summed E-state index contributed by atoms with van der Waals surface area (Å²) in [5.41, 5.74) is 4.44. The lowest BCUT2D eigenvalue weighted by molar-refractivity contribution is -0.114. The molecule has 0 saturated heterocycles. The fourth-order valence-corrected chi connectivity index (χ4v) is 9.56. The number of anilines is 1. The number of carbonyl (C=O) groups is 1. The molecule has 0 unspecified atom stereocenters. The van der Waals surface area contributed by atoms with Gasteiger partial charge in [-0.3, -0.25) is 4.79 Å². The lowest BCUT2D eigenvalue weighted by atomic mass is 10.0. The summed E-state index contributed by atoms with van der Waals surface area (Å²) in [5, 5.41) is 2.92. The number of carbonyl (C=O) groups excluding carboxylic acids is 1. The molecule has 2 aromatic rings. The van der Waals surface area contributed by atoms with Crippen LogP contribution in [0.2, 0.25) is 16.6 Å². The second-order valence-corrected chi connectivity index (χ2v) is 13.5. The monoisotopic (exact) mass is 383 g/mol. The Bertz CT molecular complexity index is 762. The first-order chi connectivity index (χ1) is 12.7. The number of nitrogens with one attached hydrogen (secondary N) is 1. The summed E-state index contributed by atoms with van der Waals surface area (Å²) in [6, 6.07) is 16.1. The number of amides is 1. The van der Waals surface area contributed by atoms with Gasteiger partial charge in [0.15, 0.2) is 0 Å². The van der Waals surface area contributed by atoms with E-state index < -0.39 is 8.32 Å². The molecule has 0 spiro atoms. The highest BCUT2D eigenvalue weighted by molar-refractivity contribution is 6.78. The fraction of sp³-hybridized carbons (Fsp3) is 0.435. The van der Waals surface area contributed by atoms with E-state index in [0.29, 0.717) is 16.6 Å². The lowest BCUT2D eigenvalue weighted by Gasteiger charge is -2.42. The van der Waals surface area contributed by atoms with Gasteiger partial charge in [0.05, 0.1) is 0 Å². The minimum absolute atomic E-state index is 0.0688. The highest BCUT2D eigenvalue weighted by atomic mass is 28.4. The smallest absolute Gasteiger partial charge is 0.258 e. The van der Waals surface area contributed by atoms with Crippen molar-refractivity contribution >= 4 is 19.9 Å². The Morgan fingerprint density at radius 2 is 1.48 bits per heavy atom. The van der Waals surface area contributed by atoms with Crippen molar-refractivity contribution in [1.82, 2.24) is 0 Å². The number of rotatable bonds is 7. The largest absolute Gasteiger partial charge is 0.543 e. The van der Waals surface area contributed by atoms with Crippen molar-refractivity contribution in [2.24, 2.45) is 0 Å². The molecule has 0 saturated carbocycles. The molecule has 0 heterocycles. The van der Waals surface area contributed by atoms with Crippen molar-refractivity contribution in [3.8, 4) is 16.9 Å². The number of hydrogen-bond donors (Lipinski definition) is 1. The van der Waals surface area contributed by atoms with E-state index in [4.69, 9.17) is 4.43 Å². The van der Waals surface area contributed by atoms with E-state index in [1.807, 2.05) is 30.3 Å². The highest BCUT2D eigenvalue weighted by Gasteiger charge is 2.46. The first-order valence-corrected chi connectivity index (χ1v) is 12.0. The predicted octanol–water partition coefficient (Wildman–Crippen LogP) is 6.87. The zero-order chi connectivity index (χ0) is 20.2. The maximum absolute atomic E-state index is 11.5. The van der Waals surface area contributed by atoms with Gasteiger partial charge in [-0.05, 0) is 40.4 Å². The third-order valence-electron chi connectivity index (χ3n) is 5.38. The zero-order valence-corrected chi connectivity index (χ0v) is 18.7. The fourth-order valence-electron chi connectivity index (χ4n) is 4.32. The molecule has 0 aromatic heterocycles. The van der Waals surface area contributed by atoms with Crippen molar-refractivity contribution in [2.75, 3.05) is 5.32 Å². The number of benzene rings is 2. The molecule has 1 amide bonds. The Morgan fingerprint density at radius 1 is 0.889 bits per heavy atom. The van der Waals surface area contributed by atoms with Crippen molar-refractivity contribution in [1.29, 1.82) is 0 Å². The topological polar surface area (TPSA) is 38.3 Å². The van der Waals surface area contributed by atoms with Crippen LogP contribution in [0.4, 0.5) is 5.69 Å². The van der Waals surface area contributed by atoms with Gasteiger partial charge in [-0.2, -0.15) is 0 Å². The van der Waals surface area contributed by atoms with Crippen LogP contribution in [0.1, 0.15) is 48.5 Å². The summed E-state index contributed by atoms with van der Waals surface area (Å²) in [6.07, 6.45) is 0. The van der Waals surface area contributed by atoms with Crippen molar-refractivity contribution in [3.05, 3.63) is 48.5 Å². The van der Waals surface area contributed by atoms with E-state index in [9.17, 15) is 4.79 Å². The Balaban J connectivity index is 2.45. The molecule has 146 valence electrons. The third kappa shape index (κ3) is 4.61. The molecule has 0 atom stereocenters. The van der Waals surface area contributed by atoms with Crippen molar-refractivity contribution in [2.45, 2.75) is 65.1 Å². The normalized spacial score (nSPS) is 11.9. The van der Waals surface area contributed by atoms with Gasteiger partial charge in [-0.15, -0.1) is 0 Å². The molecule has 0 fully saturated rings. The van der Waals surface area contributed by atoms with Crippen LogP contribution in [0, 0.1) is 0 Å². The van der Waals surface area contributed by atoms with Crippen molar-refractivity contribution < 1.29 is 9.22 Å². The van der Waals surface area contributed by atoms with E-state index >= 15 is 0 Å². The summed E-state index contributed by atoms with van der Waals surface area (Å²) >= 11 is 0. The minimum Gasteiger partial charge on any atom is -0.543 e. The van der Waals surface area contributed by atoms with Crippen LogP contribution in [0.5, 0.6) is 5.75 Å². The molecule has 4 heteroatoms. The average molecular weight is 384 g/mol. The predicted molar refractivity (Wildman–Crippen MR) is 118 cm³/mol. The van der Waals surface area contributed by atoms with Crippen LogP contribution < -0.4 is 9.74 Å².